The van der Waals surface area contributed by atoms with Crippen molar-refractivity contribution in [3.8, 4) is 0 Å². The average Bonchev–Trinajstić information content (AvgIpc) is 3.19. The number of esters is 2. The molecule has 8 nitrogen and oxygen atoms in total. The van der Waals surface area contributed by atoms with Crippen molar-refractivity contribution in [1.29, 1.82) is 0 Å². The highest BCUT2D eigenvalue weighted by molar-refractivity contribution is 5.70. The van der Waals surface area contributed by atoms with Crippen LogP contribution in [0.2, 0.25) is 0 Å². The number of hydrogen-bond acceptors (Lipinski definition) is 7. The number of rotatable bonds is 38. The number of alkyl carbamates (subject to hydrolysis) is 1. The van der Waals surface area contributed by atoms with Crippen molar-refractivity contribution >= 4 is 18.0 Å². The topological polar surface area (TPSA) is 94.2 Å². The van der Waals surface area contributed by atoms with Gasteiger partial charge in [-0.3, -0.25) is 14.5 Å². The molecule has 8 heteroatoms. The average molecular weight is 775 g/mol. The van der Waals surface area contributed by atoms with E-state index in [2.05, 4.69) is 48.4 Å². The molecule has 1 rings (SSSR count). The number of carbonyl (C=O) groups excluding carboxylic acids is 3. The lowest BCUT2D eigenvalue weighted by Gasteiger charge is -2.26. The molecule has 55 heavy (non-hydrogen) atoms. The Balaban J connectivity index is 2.25. The minimum atomic E-state index is -0.747. The van der Waals surface area contributed by atoms with Crippen LogP contribution < -0.4 is 5.32 Å². The van der Waals surface area contributed by atoms with E-state index in [0.717, 1.165) is 77.4 Å². The van der Waals surface area contributed by atoms with Gasteiger partial charge in [-0.2, -0.15) is 0 Å². The van der Waals surface area contributed by atoms with E-state index in [4.69, 9.17) is 14.2 Å². The summed E-state index contributed by atoms with van der Waals surface area (Å²) in [5.74, 6) is -0.615. The molecule has 0 aromatic heterocycles. The van der Waals surface area contributed by atoms with E-state index in [0.29, 0.717) is 19.4 Å². The van der Waals surface area contributed by atoms with Crippen molar-refractivity contribution in [2.45, 2.75) is 219 Å². The molecule has 1 amide bonds. The molecule has 0 aliphatic carbocycles. The summed E-state index contributed by atoms with van der Waals surface area (Å²) in [5.41, 5.74) is 0. The molecule has 0 aromatic rings. The summed E-state index contributed by atoms with van der Waals surface area (Å²) >= 11 is 0. The number of nitrogens with zero attached hydrogens (tertiary/aromatic N) is 1. The maximum atomic E-state index is 12.7. The summed E-state index contributed by atoms with van der Waals surface area (Å²) in [5, 5.41) is 2.71. The Hall–Kier alpha value is -2.35. The zero-order chi connectivity index (χ0) is 39.7. The molecule has 0 spiro atoms. The summed E-state index contributed by atoms with van der Waals surface area (Å²) in [7, 11) is 0. The molecular formula is C47H86N2O6. The highest BCUT2D eigenvalue weighted by Crippen LogP contribution is 2.13. The van der Waals surface area contributed by atoms with E-state index in [9.17, 15) is 14.4 Å². The fourth-order valence-corrected chi connectivity index (χ4v) is 7.02. The van der Waals surface area contributed by atoms with Crippen LogP contribution >= 0.6 is 0 Å². The molecule has 0 bridgehead atoms. The second-order valence-electron chi connectivity index (χ2n) is 15.9. The molecule has 0 saturated carbocycles. The zero-order valence-corrected chi connectivity index (χ0v) is 35.9. The van der Waals surface area contributed by atoms with Gasteiger partial charge in [0, 0.05) is 19.4 Å². The largest absolute Gasteiger partial charge is 0.462 e. The Morgan fingerprint density at radius 1 is 0.545 bits per heavy atom. The summed E-state index contributed by atoms with van der Waals surface area (Å²) in [6.45, 7) is 7.61. The fraction of sp³-hybridized carbons (Fsp3) is 0.851. The van der Waals surface area contributed by atoms with Gasteiger partial charge in [-0.05, 0) is 90.1 Å². The Bertz CT molecular complexity index is 948. The standard InChI is InChI=1S/C47H86N2O6/c1-3-5-7-9-11-13-15-17-19-21-23-25-27-29-32-36-45(50)54-43-44(42-48-47(52)53-41-40-49-38-34-31-35-39-49)55-46(51)37-33-30-28-26-24-22-20-18-16-14-12-10-8-6-4-2/h17-20,44H,3-16,21-43H2,1-2H3,(H,48,52). The lowest BCUT2D eigenvalue weighted by Crippen LogP contribution is -2.39. The van der Waals surface area contributed by atoms with E-state index >= 15 is 0 Å². The Morgan fingerprint density at radius 2 is 0.982 bits per heavy atom. The van der Waals surface area contributed by atoms with Crippen molar-refractivity contribution in [2.24, 2.45) is 0 Å². The summed E-state index contributed by atoms with van der Waals surface area (Å²) in [6, 6.07) is 0. The second kappa shape index (κ2) is 39.9. The normalized spacial score (nSPS) is 14.1. The number of nitrogens with one attached hydrogen (secondary N) is 1. The molecule has 1 unspecified atom stereocenters. The summed E-state index contributed by atoms with van der Waals surface area (Å²) in [4.78, 5) is 40.0. The molecule has 1 N–H and O–H groups in total. The molecule has 0 aromatic carbocycles. The lowest BCUT2D eigenvalue weighted by atomic mass is 10.1. The van der Waals surface area contributed by atoms with Crippen LogP contribution in [0.3, 0.4) is 0 Å². The smallest absolute Gasteiger partial charge is 0.407 e. The van der Waals surface area contributed by atoms with Gasteiger partial charge in [0.25, 0.3) is 0 Å². The minimum Gasteiger partial charge on any atom is -0.462 e. The fourth-order valence-electron chi connectivity index (χ4n) is 7.02. The number of amides is 1. The molecule has 1 atom stereocenters. The van der Waals surface area contributed by atoms with Gasteiger partial charge in [0.05, 0.1) is 6.54 Å². The second-order valence-corrected chi connectivity index (χ2v) is 15.9. The third kappa shape index (κ3) is 35.8. The first kappa shape index (κ1) is 50.7. The van der Waals surface area contributed by atoms with Crippen LogP contribution in [0.15, 0.2) is 24.3 Å². The Labute approximate surface area is 338 Å². The molecule has 1 aliphatic rings. The maximum Gasteiger partial charge on any atom is 0.407 e. The first-order chi connectivity index (χ1) is 27.0. The van der Waals surface area contributed by atoms with Gasteiger partial charge in [0.15, 0.2) is 6.10 Å². The molecule has 0 radical (unpaired) electrons. The number of ether oxygens (including phenoxy) is 3. The number of unbranched alkanes of at least 4 members (excludes halogenated alkanes) is 22. The van der Waals surface area contributed by atoms with Gasteiger partial charge in [-0.15, -0.1) is 0 Å². The van der Waals surface area contributed by atoms with Crippen molar-refractivity contribution in [3.05, 3.63) is 24.3 Å². The Morgan fingerprint density at radius 3 is 1.47 bits per heavy atom. The van der Waals surface area contributed by atoms with Crippen molar-refractivity contribution < 1.29 is 28.6 Å². The predicted molar refractivity (Wildman–Crippen MR) is 229 cm³/mol. The van der Waals surface area contributed by atoms with E-state index < -0.39 is 12.2 Å². The van der Waals surface area contributed by atoms with Crippen LogP contribution in [-0.4, -0.2) is 68.4 Å². The quantitative estimate of drug-likeness (QED) is 0.0289. The van der Waals surface area contributed by atoms with Gasteiger partial charge in [-0.25, -0.2) is 4.79 Å². The van der Waals surface area contributed by atoms with Crippen molar-refractivity contribution in [1.82, 2.24) is 10.2 Å². The van der Waals surface area contributed by atoms with Crippen molar-refractivity contribution in [2.75, 3.05) is 39.4 Å². The number of carbonyl (C=O) groups is 3. The van der Waals surface area contributed by atoms with Crippen LogP contribution in [0.1, 0.15) is 213 Å². The molecular weight excluding hydrogens is 689 g/mol. The number of hydrogen-bond donors (Lipinski definition) is 1. The predicted octanol–water partition coefficient (Wildman–Crippen LogP) is 12.7. The van der Waals surface area contributed by atoms with Gasteiger partial charge >= 0.3 is 18.0 Å². The lowest BCUT2D eigenvalue weighted by molar-refractivity contribution is -0.158. The highest BCUT2D eigenvalue weighted by Gasteiger charge is 2.19. The van der Waals surface area contributed by atoms with Gasteiger partial charge in [0.2, 0.25) is 0 Å². The zero-order valence-electron chi connectivity index (χ0n) is 35.9. The van der Waals surface area contributed by atoms with Crippen LogP contribution in [0.25, 0.3) is 0 Å². The first-order valence-electron chi connectivity index (χ1n) is 23.3. The molecule has 1 saturated heterocycles. The van der Waals surface area contributed by atoms with Gasteiger partial charge in [-0.1, -0.05) is 147 Å². The van der Waals surface area contributed by atoms with E-state index in [-0.39, 0.29) is 25.1 Å². The third-order valence-corrected chi connectivity index (χ3v) is 10.6. The highest BCUT2D eigenvalue weighted by atomic mass is 16.6. The SMILES string of the molecule is CCCCCCCCC=CCCCCCCCC(=O)OCC(CNC(=O)OCCN1CCCCC1)OC(=O)CCCCCCCC=CCCCCCCCC. The van der Waals surface area contributed by atoms with Crippen molar-refractivity contribution in [3.63, 3.8) is 0 Å². The van der Waals surface area contributed by atoms with Crippen LogP contribution in [-0.2, 0) is 23.8 Å². The number of allylic oxidation sites excluding steroid dienone is 4. The van der Waals surface area contributed by atoms with E-state index in [1.165, 1.54) is 128 Å². The molecule has 1 aliphatic heterocycles. The summed E-state index contributed by atoms with van der Waals surface area (Å²) < 4.78 is 16.6. The van der Waals surface area contributed by atoms with Crippen LogP contribution in [0.5, 0.6) is 0 Å². The van der Waals surface area contributed by atoms with Gasteiger partial charge in [0.1, 0.15) is 13.2 Å². The molecule has 1 fully saturated rings. The Kier molecular flexibility index (Phi) is 36.7. The molecule has 320 valence electrons. The van der Waals surface area contributed by atoms with Crippen LogP contribution in [0, 0.1) is 0 Å². The minimum absolute atomic E-state index is 0.0430. The monoisotopic (exact) mass is 775 g/mol. The number of piperidine rings is 1. The number of likely N-dealkylation sites (tertiary alicyclic amines) is 1. The maximum absolute atomic E-state index is 12.7. The van der Waals surface area contributed by atoms with Crippen LogP contribution in [0.4, 0.5) is 4.79 Å². The first-order valence-corrected chi connectivity index (χ1v) is 23.3. The van der Waals surface area contributed by atoms with E-state index in [1.807, 2.05) is 0 Å². The van der Waals surface area contributed by atoms with E-state index in [1.54, 1.807) is 0 Å². The third-order valence-electron chi connectivity index (χ3n) is 10.6. The molecule has 1 heterocycles. The van der Waals surface area contributed by atoms with Gasteiger partial charge < -0.3 is 19.5 Å². The summed E-state index contributed by atoms with van der Waals surface area (Å²) in [6.07, 6.45) is 43.6.